The second-order valence-corrected chi connectivity index (χ2v) is 8.46. The Labute approximate surface area is 166 Å². The molecule has 0 saturated heterocycles. The summed E-state index contributed by atoms with van der Waals surface area (Å²) < 4.78 is 72.3. The van der Waals surface area contributed by atoms with Crippen molar-refractivity contribution in [3.05, 3.63) is 64.8 Å². The van der Waals surface area contributed by atoms with Crippen LogP contribution in [-0.4, -0.2) is 26.5 Å². The molecule has 0 aliphatic carbocycles. The van der Waals surface area contributed by atoms with Crippen LogP contribution in [0.15, 0.2) is 56.2 Å². The van der Waals surface area contributed by atoms with Crippen LogP contribution in [0.3, 0.4) is 0 Å². The van der Waals surface area contributed by atoms with Crippen molar-refractivity contribution in [3.8, 4) is 11.4 Å². The van der Waals surface area contributed by atoms with E-state index in [-0.39, 0.29) is 10.5 Å². The average Bonchev–Trinajstić information content (AvgIpc) is 3.12. The first kappa shape index (κ1) is 20.9. The molecule has 6 nitrogen and oxygen atoms in total. The van der Waals surface area contributed by atoms with Gasteiger partial charge >= 0.3 is 12.1 Å². The third-order valence-corrected chi connectivity index (χ3v) is 5.55. The molecular formula is C17H10ClF4N3O3S. The molecule has 29 heavy (non-hydrogen) atoms. The van der Waals surface area contributed by atoms with Crippen molar-refractivity contribution in [2.75, 3.05) is 6.26 Å². The van der Waals surface area contributed by atoms with Crippen molar-refractivity contribution in [2.45, 2.75) is 11.1 Å². The zero-order chi connectivity index (χ0) is 21.4. The molecule has 1 unspecified atom stereocenters. The molecule has 12 heteroatoms. The van der Waals surface area contributed by atoms with Crippen LogP contribution in [0.5, 0.6) is 0 Å². The van der Waals surface area contributed by atoms with Crippen molar-refractivity contribution in [1.82, 2.24) is 10.1 Å². The lowest BCUT2D eigenvalue weighted by atomic mass is 10.1. The maximum atomic E-state index is 14.4. The fourth-order valence-electron chi connectivity index (χ4n) is 2.23. The molecule has 0 aliphatic heterocycles. The van der Waals surface area contributed by atoms with Gasteiger partial charge in [-0.15, -0.1) is 0 Å². The fraction of sp³-hybridized carbons (Fsp3) is 0.118. The van der Waals surface area contributed by atoms with Crippen LogP contribution in [0.2, 0.25) is 5.02 Å². The smallest absolute Gasteiger partial charge is 0.329 e. The summed E-state index contributed by atoms with van der Waals surface area (Å²) in [5.41, 5.74) is -0.662. The third kappa shape index (κ3) is 4.62. The summed E-state index contributed by atoms with van der Waals surface area (Å²) >= 11 is 5.76. The molecule has 1 aromatic heterocycles. The van der Waals surface area contributed by atoms with E-state index in [1.54, 1.807) is 0 Å². The second kappa shape index (κ2) is 7.56. The van der Waals surface area contributed by atoms with E-state index < -0.39 is 44.9 Å². The maximum Gasteiger partial charge on any atom is 0.471 e. The first-order valence-electron chi connectivity index (χ1n) is 7.70. The van der Waals surface area contributed by atoms with Gasteiger partial charge in [-0.25, -0.2) is 8.60 Å². The summed E-state index contributed by atoms with van der Waals surface area (Å²) in [5.74, 6) is -4.29. The SMILES string of the molecule is CS(=O)(=NC(=O)c1ccc(-c2noc(C(F)(F)F)n2)cc1F)c1ccc(Cl)cc1. The fourth-order valence-corrected chi connectivity index (χ4v) is 3.52. The van der Waals surface area contributed by atoms with Crippen LogP contribution in [0.25, 0.3) is 11.4 Å². The molecule has 0 radical (unpaired) electrons. The number of nitrogens with zero attached hydrogens (tertiary/aromatic N) is 3. The number of halogens is 5. The lowest BCUT2D eigenvalue weighted by molar-refractivity contribution is -0.159. The lowest BCUT2D eigenvalue weighted by Gasteiger charge is -2.05. The van der Waals surface area contributed by atoms with Gasteiger partial charge in [0.15, 0.2) is 0 Å². The van der Waals surface area contributed by atoms with E-state index >= 15 is 0 Å². The number of carbonyl (C=O) groups excluding carboxylic acids is 1. The highest BCUT2D eigenvalue weighted by molar-refractivity contribution is 7.93. The quantitative estimate of drug-likeness (QED) is 0.536. The van der Waals surface area contributed by atoms with Gasteiger partial charge in [-0.1, -0.05) is 22.8 Å². The van der Waals surface area contributed by atoms with Gasteiger partial charge in [0.25, 0.3) is 5.91 Å². The van der Waals surface area contributed by atoms with Gasteiger partial charge in [0.05, 0.1) is 15.3 Å². The highest BCUT2D eigenvalue weighted by Gasteiger charge is 2.38. The van der Waals surface area contributed by atoms with Crippen molar-refractivity contribution >= 4 is 27.2 Å². The van der Waals surface area contributed by atoms with Crippen LogP contribution in [-0.2, 0) is 15.9 Å². The van der Waals surface area contributed by atoms with Gasteiger partial charge < -0.3 is 4.52 Å². The molecule has 0 bridgehead atoms. The number of hydrogen-bond donors (Lipinski definition) is 0. The number of carbonyl (C=O) groups is 1. The monoisotopic (exact) mass is 447 g/mol. The van der Waals surface area contributed by atoms with Crippen molar-refractivity contribution in [2.24, 2.45) is 4.36 Å². The number of alkyl halides is 3. The zero-order valence-electron chi connectivity index (χ0n) is 14.4. The molecule has 0 spiro atoms. The van der Waals surface area contributed by atoms with Crippen LogP contribution >= 0.6 is 11.6 Å². The second-order valence-electron chi connectivity index (χ2n) is 5.77. The minimum Gasteiger partial charge on any atom is -0.329 e. The Kier molecular flexibility index (Phi) is 5.46. The predicted octanol–water partition coefficient (Wildman–Crippen LogP) is 4.85. The summed E-state index contributed by atoms with van der Waals surface area (Å²) in [7, 11) is -3.18. The van der Waals surface area contributed by atoms with Crippen LogP contribution < -0.4 is 0 Å². The van der Waals surface area contributed by atoms with Crippen LogP contribution in [0.1, 0.15) is 16.2 Å². The minimum atomic E-state index is -4.85. The Morgan fingerprint density at radius 2 is 1.83 bits per heavy atom. The van der Waals surface area contributed by atoms with Crippen molar-refractivity contribution < 1.29 is 31.1 Å². The Balaban J connectivity index is 1.92. The lowest BCUT2D eigenvalue weighted by Crippen LogP contribution is -2.06. The molecule has 152 valence electrons. The van der Waals surface area contributed by atoms with E-state index in [2.05, 4.69) is 19.0 Å². The molecule has 3 aromatic rings. The van der Waals surface area contributed by atoms with Gasteiger partial charge in [-0.2, -0.15) is 22.5 Å². The van der Waals surface area contributed by atoms with Crippen LogP contribution in [0, 0.1) is 5.82 Å². The summed E-state index contributed by atoms with van der Waals surface area (Å²) in [6, 6.07) is 8.65. The minimum absolute atomic E-state index is 0.145. The van der Waals surface area contributed by atoms with Gasteiger partial charge in [-0.05, 0) is 36.4 Å². The first-order valence-corrected chi connectivity index (χ1v) is 10.0. The van der Waals surface area contributed by atoms with E-state index in [0.717, 1.165) is 18.2 Å². The Hall–Kier alpha value is -2.79. The first-order chi connectivity index (χ1) is 13.5. The molecule has 0 N–H and O–H groups in total. The van der Waals surface area contributed by atoms with Crippen molar-refractivity contribution in [3.63, 3.8) is 0 Å². The third-order valence-electron chi connectivity index (χ3n) is 3.63. The maximum absolute atomic E-state index is 14.4. The predicted molar refractivity (Wildman–Crippen MR) is 95.2 cm³/mol. The summed E-state index contributed by atoms with van der Waals surface area (Å²) in [4.78, 5) is 15.7. The van der Waals surface area contributed by atoms with E-state index in [9.17, 15) is 26.6 Å². The topological polar surface area (TPSA) is 85.4 Å². The zero-order valence-corrected chi connectivity index (χ0v) is 16.0. The molecule has 1 atom stereocenters. The molecule has 3 rings (SSSR count). The van der Waals surface area contributed by atoms with Crippen LogP contribution in [0.4, 0.5) is 17.6 Å². The Bertz CT molecular complexity index is 1200. The normalized spacial score (nSPS) is 13.7. The summed E-state index contributed by atoms with van der Waals surface area (Å²) in [6.07, 6.45) is -3.64. The number of benzene rings is 2. The van der Waals surface area contributed by atoms with Gasteiger partial charge in [0, 0.05) is 21.7 Å². The molecular weight excluding hydrogens is 438 g/mol. The molecule has 0 aliphatic rings. The molecule has 0 fully saturated rings. The van der Waals surface area contributed by atoms with E-state index in [1.807, 2.05) is 0 Å². The number of amides is 1. The largest absolute Gasteiger partial charge is 0.471 e. The number of hydrogen-bond acceptors (Lipinski definition) is 5. The summed E-state index contributed by atoms with van der Waals surface area (Å²) in [6.45, 7) is 0. The van der Waals surface area contributed by atoms with Gasteiger partial charge in [0.1, 0.15) is 5.82 Å². The molecule has 1 amide bonds. The highest BCUT2D eigenvalue weighted by Crippen LogP contribution is 2.30. The highest BCUT2D eigenvalue weighted by atomic mass is 35.5. The molecule has 0 saturated carbocycles. The van der Waals surface area contributed by atoms with E-state index in [4.69, 9.17) is 11.6 Å². The molecule has 2 aromatic carbocycles. The average molecular weight is 448 g/mol. The Morgan fingerprint density at radius 3 is 2.38 bits per heavy atom. The standard InChI is InChI=1S/C17H10ClF4N3O3S/c1-29(27,11-5-3-10(18)4-6-11)25-15(26)12-7-2-9(8-13(12)19)14-23-16(28-24-14)17(20,21)22/h2-8H,1H3. The van der Waals surface area contributed by atoms with Gasteiger partial charge in [-0.3, -0.25) is 4.79 Å². The summed E-state index contributed by atoms with van der Waals surface area (Å²) in [5, 5.41) is 3.53. The van der Waals surface area contributed by atoms with Gasteiger partial charge in [0.2, 0.25) is 5.82 Å². The number of aromatic nitrogens is 2. The number of rotatable bonds is 3. The molecule has 1 heterocycles. The van der Waals surface area contributed by atoms with E-state index in [0.29, 0.717) is 5.02 Å². The van der Waals surface area contributed by atoms with Crippen molar-refractivity contribution in [1.29, 1.82) is 0 Å². The van der Waals surface area contributed by atoms with E-state index in [1.165, 1.54) is 30.5 Å². The Morgan fingerprint density at radius 1 is 1.17 bits per heavy atom.